The van der Waals surface area contributed by atoms with Crippen molar-refractivity contribution in [3.05, 3.63) is 61.7 Å². The average molecular weight is 1010 g/mol. The van der Waals surface area contributed by atoms with E-state index >= 15 is 4.39 Å². The van der Waals surface area contributed by atoms with Crippen LogP contribution >= 0.6 is 0 Å². The Morgan fingerprint density at radius 1 is 0.877 bits per heavy atom. The molecule has 0 unspecified atom stereocenters. The molecule has 1 aromatic carbocycles. The van der Waals surface area contributed by atoms with Crippen molar-refractivity contribution < 1.29 is 47.8 Å². The standard InChI is InChI=1S/C53H72FN9O10/c1-11-28(9)45(61-47(66)37(18-25(3)4)58-41(65)22-55-49(68)44(26(5)6)60-48(67)38-14-13-17-62(38)27(7)8)50(69)56-21-40(64)57-35-16-15-30-29(10)34(54)20-36-42(30)43(35)31-23-63-39(46(31)59-36)19-33-32(51(63)70)24-73-52(71)53(33,72)12-2/h19-20,25-28,35,37-38,44-45,72H,11-18,21-24H2,1-10H3,(H,55,68)(H,56,69)(H,57,64)(H,58,65)(H,60,67)(H,61,66)/t28-,35-,37-,38-,44-,45-,53-/m0/s1. The van der Waals surface area contributed by atoms with E-state index in [1.165, 1.54) is 10.6 Å². The van der Waals surface area contributed by atoms with Crippen molar-refractivity contribution in [3.8, 4) is 11.4 Å². The molecule has 1 fully saturated rings. The summed E-state index contributed by atoms with van der Waals surface area (Å²) in [5, 5.41) is 28.8. The number of carbonyl (C=O) groups excluding carboxylic acids is 7. The number of nitrogens with zero attached hydrogens (tertiary/aromatic N) is 3. The Labute approximate surface area is 424 Å². The zero-order chi connectivity index (χ0) is 53.4. The maximum atomic E-state index is 15.5. The molecule has 19 nitrogen and oxygen atoms in total. The Hall–Kier alpha value is -6.28. The molecule has 73 heavy (non-hydrogen) atoms. The Morgan fingerprint density at radius 3 is 2.21 bits per heavy atom. The summed E-state index contributed by atoms with van der Waals surface area (Å²) >= 11 is 0. The monoisotopic (exact) mass is 1010 g/mol. The Balaban J connectivity index is 1.03. The van der Waals surface area contributed by atoms with Gasteiger partial charge in [0.25, 0.3) is 5.56 Å². The van der Waals surface area contributed by atoms with Crippen LogP contribution in [0.4, 0.5) is 4.39 Å². The number of esters is 1. The number of cyclic esters (lactones) is 1. The predicted molar refractivity (Wildman–Crippen MR) is 269 cm³/mol. The fourth-order valence-electron chi connectivity index (χ4n) is 10.9. The summed E-state index contributed by atoms with van der Waals surface area (Å²) in [5.74, 6) is -5.29. The highest BCUT2D eigenvalue weighted by Gasteiger charge is 2.46. The number of aromatic nitrogens is 2. The van der Waals surface area contributed by atoms with Crippen LogP contribution in [0, 0.1) is 30.5 Å². The molecule has 0 bridgehead atoms. The van der Waals surface area contributed by atoms with Gasteiger partial charge >= 0.3 is 5.97 Å². The van der Waals surface area contributed by atoms with Gasteiger partial charge in [-0.2, -0.15) is 0 Å². The van der Waals surface area contributed by atoms with Crippen LogP contribution in [0.2, 0.25) is 0 Å². The lowest BCUT2D eigenvalue weighted by atomic mass is 9.81. The van der Waals surface area contributed by atoms with Crippen LogP contribution in [0.25, 0.3) is 22.3 Å². The molecule has 396 valence electrons. The smallest absolute Gasteiger partial charge is 0.343 e. The van der Waals surface area contributed by atoms with Crippen molar-refractivity contribution >= 4 is 52.3 Å². The van der Waals surface area contributed by atoms with Crippen LogP contribution < -0.4 is 37.5 Å². The highest BCUT2D eigenvalue weighted by molar-refractivity contribution is 5.97. The van der Waals surface area contributed by atoms with Crippen molar-refractivity contribution in [1.82, 2.24) is 46.4 Å². The first-order valence-corrected chi connectivity index (χ1v) is 25.8. The molecule has 3 aromatic rings. The summed E-state index contributed by atoms with van der Waals surface area (Å²) in [5.41, 5.74) is 1.18. The van der Waals surface area contributed by atoms with Gasteiger partial charge in [0.15, 0.2) is 5.60 Å². The molecule has 1 saturated heterocycles. The molecule has 3 aliphatic heterocycles. The molecule has 6 amide bonds. The summed E-state index contributed by atoms with van der Waals surface area (Å²) in [4.78, 5) is 116. The first-order valence-electron chi connectivity index (χ1n) is 25.8. The van der Waals surface area contributed by atoms with E-state index in [9.17, 15) is 43.5 Å². The topological polar surface area (TPSA) is 259 Å². The number of benzene rings is 1. The number of likely N-dealkylation sites (tertiary alicyclic amines) is 1. The van der Waals surface area contributed by atoms with Crippen LogP contribution in [0.3, 0.4) is 0 Å². The highest BCUT2D eigenvalue weighted by Crippen LogP contribution is 2.46. The Kier molecular flexibility index (Phi) is 16.5. The van der Waals surface area contributed by atoms with Crippen molar-refractivity contribution in [1.29, 1.82) is 0 Å². The minimum atomic E-state index is -2.05. The van der Waals surface area contributed by atoms with Gasteiger partial charge in [0.1, 0.15) is 30.5 Å². The number of fused-ring (bicyclic) bond motifs is 5. The summed E-state index contributed by atoms with van der Waals surface area (Å²) in [7, 11) is 0. The zero-order valence-corrected chi connectivity index (χ0v) is 43.7. The number of rotatable bonds is 19. The lowest BCUT2D eigenvalue weighted by Gasteiger charge is -2.31. The molecular weight excluding hydrogens is 942 g/mol. The van der Waals surface area contributed by atoms with Gasteiger partial charge in [-0.3, -0.25) is 38.5 Å². The summed E-state index contributed by atoms with van der Waals surface area (Å²) in [6.07, 6.45) is 2.95. The largest absolute Gasteiger partial charge is 0.458 e. The molecule has 7 rings (SSSR count). The van der Waals surface area contributed by atoms with Gasteiger partial charge in [-0.25, -0.2) is 14.2 Å². The average Bonchev–Trinajstić information content (AvgIpc) is 4.00. The van der Waals surface area contributed by atoms with E-state index in [1.807, 2.05) is 34.6 Å². The lowest BCUT2D eigenvalue weighted by molar-refractivity contribution is -0.172. The molecule has 20 heteroatoms. The second kappa shape index (κ2) is 22.1. The minimum Gasteiger partial charge on any atom is -0.458 e. The number of nitrogens with one attached hydrogen (secondary N) is 6. The summed E-state index contributed by atoms with van der Waals surface area (Å²) in [6.45, 7) is 17.9. The van der Waals surface area contributed by atoms with Crippen molar-refractivity contribution in [3.63, 3.8) is 0 Å². The van der Waals surface area contributed by atoms with Crippen LogP contribution in [0.5, 0.6) is 0 Å². The second-order valence-corrected chi connectivity index (χ2v) is 21.2. The predicted octanol–water partition coefficient (Wildman–Crippen LogP) is 2.94. The van der Waals surface area contributed by atoms with E-state index in [-0.39, 0.29) is 66.9 Å². The van der Waals surface area contributed by atoms with Crippen LogP contribution in [-0.2, 0) is 63.5 Å². The van der Waals surface area contributed by atoms with Gasteiger partial charge in [0, 0.05) is 28.6 Å². The molecule has 0 radical (unpaired) electrons. The second-order valence-electron chi connectivity index (χ2n) is 21.2. The molecule has 7 N–H and O–H groups in total. The van der Waals surface area contributed by atoms with Crippen molar-refractivity contribution in [2.75, 3.05) is 19.6 Å². The van der Waals surface area contributed by atoms with E-state index < -0.39 is 95.7 Å². The number of ether oxygens (including phenoxy) is 1. The summed E-state index contributed by atoms with van der Waals surface area (Å²) < 4.78 is 22.2. The molecule has 1 aliphatic carbocycles. The SMILES string of the molecule is CC[C@H](C)[C@H](NC(=O)[C@H](CC(C)C)NC(=O)CNC(=O)[C@@H](NC(=O)[C@@H]1CCCN1C(C)C)C(C)C)C(=O)NCC(=O)N[C@H]1CCc2c(C)c(F)cc3nc4c(c1c23)Cn1c-4cc2c(c1=O)COC(=O)[C@]2(O)CC. The fraction of sp³-hybridized carbons (Fsp3) is 0.604. The molecule has 0 saturated carbocycles. The quantitative estimate of drug-likeness (QED) is 0.0670. The highest BCUT2D eigenvalue weighted by atomic mass is 19.1. The Bertz CT molecular complexity index is 2780. The van der Waals surface area contributed by atoms with Gasteiger partial charge in [0.2, 0.25) is 35.4 Å². The number of amides is 6. The molecule has 7 atom stereocenters. The molecule has 2 aromatic heterocycles. The summed E-state index contributed by atoms with van der Waals surface area (Å²) in [6, 6.07) is -1.02. The maximum Gasteiger partial charge on any atom is 0.343 e. The third-order valence-electron chi connectivity index (χ3n) is 15.2. The molecule has 0 spiro atoms. The number of pyridine rings is 2. The van der Waals surface area contributed by atoms with Gasteiger partial charge in [-0.05, 0) is 106 Å². The third-order valence-corrected chi connectivity index (χ3v) is 15.2. The van der Waals surface area contributed by atoms with E-state index in [1.54, 1.807) is 40.7 Å². The number of carbonyl (C=O) groups is 7. The molecular formula is C53H72FN9O10. The minimum absolute atomic E-state index is 0.0466. The van der Waals surface area contributed by atoms with Crippen LogP contribution in [-0.4, -0.2) is 111 Å². The third kappa shape index (κ3) is 10.9. The number of hydrogen-bond acceptors (Lipinski definition) is 12. The van der Waals surface area contributed by atoms with Crippen LogP contribution in [0.15, 0.2) is 16.9 Å². The first kappa shape index (κ1) is 54.5. The molecule has 5 heterocycles. The van der Waals surface area contributed by atoms with Gasteiger partial charge < -0.3 is 46.3 Å². The number of hydrogen-bond donors (Lipinski definition) is 7. The van der Waals surface area contributed by atoms with E-state index in [2.05, 4.69) is 36.8 Å². The van der Waals surface area contributed by atoms with E-state index in [0.29, 0.717) is 64.7 Å². The molecule has 4 aliphatic rings. The van der Waals surface area contributed by atoms with Crippen LogP contribution in [0.1, 0.15) is 140 Å². The number of halogens is 1. The Morgan fingerprint density at radius 2 is 1.56 bits per heavy atom. The lowest BCUT2D eigenvalue weighted by Crippen LogP contribution is -2.58. The van der Waals surface area contributed by atoms with Gasteiger partial charge in [0.05, 0.1) is 54.2 Å². The maximum absolute atomic E-state index is 15.5. The van der Waals surface area contributed by atoms with Gasteiger partial charge in [-0.15, -0.1) is 0 Å². The van der Waals surface area contributed by atoms with Crippen molar-refractivity contribution in [2.24, 2.45) is 17.8 Å². The van der Waals surface area contributed by atoms with E-state index in [4.69, 9.17) is 9.72 Å². The first-order chi connectivity index (χ1) is 34.5. The number of aliphatic hydroxyl groups is 1. The van der Waals surface area contributed by atoms with E-state index in [0.717, 1.165) is 18.5 Å². The van der Waals surface area contributed by atoms with Gasteiger partial charge in [-0.1, -0.05) is 54.9 Å². The fourth-order valence-corrected chi connectivity index (χ4v) is 10.9. The zero-order valence-electron chi connectivity index (χ0n) is 43.7. The number of aryl methyl sites for hydroxylation is 1. The normalized spacial score (nSPS) is 20.6. The van der Waals surface area contributed by atoms with Crippen molar-refractivity contribution in [2.45, 2.75) is 169 Å².